The molecule has 0 saturated heterocycles. The zero-order valence-corrected chi connectivity index (χ0v) is 37.7. The molecule has 0 N–H and O–H groups in total. The van der Waals surface area contributed by atoms with Crippen molar-refractivity contribution in [3.8, 4) is 61.3 Å². The van der Waals surface area contributed by atoms with Crippen LogP contribution in [-0.2, 0) is 0 Å². The van der Waals surface area contributed by atoms with Gasteiger partial charge in [0, 0.05) is 44.3 Å². The third-order valence-electron chi connectivity index (χ3n) is 13.6. The van der Waals surface area contributed by atoms with E-state index in [4.69, 9.17) is 4.42 Å². The molecule has 324 valence electrons. The van der Waals surface area contributed by atoms with Crippen LogP contribution in [0, 0.1) is 0 Å². The molecule has 0 atom stereocenters. The van der Waals surface area contributed by atoms with E-state index in [1.807, 2.05) is 12.1 Å². The van der Waals surface area contributed by atoms with Crippen LogP contribution in [0.1, 0.15) is 0 Å². The number of anilines is 3. The Labute approximate surface area is 401 Å². The van der Waals surface area contributed by atoms with Gasteiger partial charge < -0.3 is 13.9 Å². The summed E-state index contributed by atoms with van der Waals surface area (Å²) in [4.78, 5) is 2.37. The number of hydrogen-bond acceptors (Lipinski definition) is 2. The Morgan fingerprint density at radius 3 is 1.58 bits per heavy atom. The molecule has 2 heterocycles. The summed E-state index contributed by atoms with van der Waals surface area (Å²) in [7, 11) is 0. The number of fused-ring (bicyclic) bond motifs is 6. The molecule has 69 heavy (non-hydrogen) atoms. The predicted molar refractivity (Wildman–Crippen MR) is 290 cm³/mol. The SMILES string of the molecule is c1ccc(-c2ccc(N(c3cccc(-c4ccc(-c5ccc6c7ccccc7n(-c7ccccc7)c6c5)cc4-c4cccc(-c5ccccc5)c4)c3)c3ccc4oc5ccccc5c4c3)cc2)cc1. The van der Waals surface area contributed by atoms with Crippen molar-refractivity contribution in [3.63, 3.8) is 0 Å². The number of furan rings is 1. The second kappa shape index (κ2) is 16.9. The quantitative estimate of drug-likeness (QED) is 0.144. The van der Waals surface area contributed by atoms with Gasteiger partial charge in [-0.25, -0.2) is 0 Å². The number of hydrogen-bond donors (Lipinski definition) is 0. The zero-order chi connectivity index (χ0) is 45.7. The molecule has 0 aliphatic heterocycles. The fourth-order valence-electron chi connectivity index (χ4n) is 10.3. The second-order valence-corrected chi connectivity index (χ2v) is 17.7. The average Bonchev–Trinajstić information content (AvgIpc) is 3.97. The molecule has 3 nitrogen and oxygen atoms in total. The fourth-order valence-corrected chi connectivity index (χ4v) is 10.3. The van der Waals surface area contributed by atoms with Gasteiger partial charge in [0.2, 0.25) is 0 Å². The Hall–Kier alpha value is -9.18. The van der Waals surface area contributed by atoms with Gasteiger partial charge in [0.1, 0.15) is 11.2 Å². The highest BCUT2D eigenvalue weighted by Crippen LogP contribution is 2.44. The summed E-state index contributed by atoms with van der Waals surface area (Å²) >= 11 is 0. The molecule has 0 radical (unpaired) electrons. The first-order chi connectivity index (χ1) is 34.2. The van der Waals surface area contributed by atoms with E-state index in [0.717, 1.165) is 78.1 Å². The Kier molecular flexibility index (Phi) is 9.84. The molecule has 0 saturated carbocycles. The Bertz CT molecular complexity index is 4000. The first-order valence-electron chi connectivity index (χ1n) is 23.6. The Morgan fingerprint density at radius 1 is 0.261 bits per heavy atom. The summed E-state index contributed by atoms with van der Waals surface area (Å²) < 4.78 is 8.71. The van der Waals surface area contributed by atoms with Crippen LogP contribution in [0.15, 0.2) is 271 Å². The summed E-state index contributed by atoms with van der Waals surface area (Å²) in [5.74, 6) is 0. The van der Waals surface area contributed by atoms with Gasteiger partial charge in [0.15, 0.2) is 0 Å². The summed E-state index contributed by atoms with van der Waals surface area (Å²) in [6.45, 7) is 0. The van der Waals surface area contributed by atoms with E-state index in [9.17, 15) is 0 Å². The largest absolute Gasteiger partial charge is 0.456 e. The van der Waals surface area contributed by atoms with Gasteiger partial charge in [-0.2, -0.15) is 0 Å². The van der Waals surface area contributed by atoms with Crippen LogP contribution in [0.5, 0.6) is 0 Å². The zero-order valence-electron chi connectivity index (χ0n) is 37.7. The molecule has 13 rings (SSSR count). The predicted octanol–water partition coefficient (Wildman–Crippen LogP) is 18.5. The number of para-hydroxylation sites is 3. The van der Waals surface area contributed by atoms with Crippen LogP contribution in [-0.4, -0.2) is 4.57 Å². The van der Waals surface area contributed by atoms with Gasteiger partial charge in [0.25, 0.3) is 0 Å². The van der Waals surface area contributed by atoms with E-state index in [0.29, 0.717) is 0 Å². The molecule has 3 heteroatoms. The van der Waals surface area contributed by atoms with Crippen LogP contribution < -0.4 is 4.90 Å². The van der Waals surface area contributed by atoms with Gasteiger partial charge >= 0.3 is 0 Å². The molecule has 11 aromatic carbocycles. The fraction of sp³-hybridized carbons (Fsp3) is 0. The van der Waals surface area contributed by atoms with E-state index in [-0.39, 0.29) is 0 Å². The van der Waals surface area contributed by atoms with Gasteiger partial charge in [-0.15, -0.1) is 0 Å². The number of rotatable bonds is 9. The Balaban J connectivity index is 0.980. The van der Waals surface area contributed by atoms with Crippen molar-refractivity contribution < 1.29 is 4.42 Å². The lowest BCUT2D eigenvalue weighted by Crippen LogP contribution is -2.10. The molecule has 0 amide bonds. The van der Waals surface area contributed by atoms with Crippen molar-refractivity contribution in [1.29, 1.82) is 0 Å². The molecular weight excluding hydrogens is 837 g/mol. The molecule has 0 bridgehead atoms. The summed E-state index contributed by atoms with van der Waals surface area (Å²) in [5.41, 5.74) is 20.1. The maximum atomic E-state index is 6.31. The van der Waals surface area contributed by atoms with Gasteiger partial charge in [-0.3, -0.25) is 0 Å². The van der Waals surface area contributed by atoms with Crippen molar-refractivity contribution in [3.05, 3.63) is 267 Å². The standard InChI is InChI=1S/C66H44N2O/c1-4-16-45(17-5-1)47-30-34-54(35-31-47)67(56-36-39-66-62(44-56)60-27-11-13-29-65(60)69-66)55-25-15-22-52(41-55)57-37-32-49(42-61(57)51-21-14-20-48(40-51)46-18-6-2-7-19-46)50-33-38-59-58-26-10-12-28-63(58)68(64(59)43-50)53-23-8-3-9-24-53/h1-44H. The van der Waals surface area contributed by atoms with Crippen molar-refractivity contribution in [1.82, 2.24) is 4.57 Å². The lowest BCUT2D eigenvalue weighted by molar-refractivity contribution is 0.669. The maximum absolute atomic E-state index is 6.31. The van der Waals surface area contributed by atoms with E-state index in [1.165, 1.54) is 44.1 Å². The maximum Gasteiger partial charge on any atom is 0.135 e. The topological polar surface area (TPSA) is 21.3 Å². The molecule has 13 aromatic rings. The molecule has 0 spiro atoms. The third-order valence-corrected chi connectivity index (χ3v) is 13.6. The van der Waals surface area contributed by atoms with Gasteiger partial charge in [0.05, 0.1) is 11.0 Å². The lowest BCUT2D eigenvalue weighted by Gasteiger charge is -2.26. The number of benzene rings is 11. The van der Waals surface area contributed by atoms with Crippen LogP contribution in [0.2, 0.25) is 0 Å². The van der Waals surface area contributed by atoms with Crippen molar-refractivity contribution >= 4 is 60.8 Å². The summed E-state index contributed by atoms with van der Waals surface area (Å²) in [6, 6.07) is 96.3. The summed E-state index contributed by atoms with van der Waals surface area (Å²) in [5, 5.41) is 4.67. The van der Waals surface area contributed by atoms with Crippen LogP contribution in [0.4, 0.5) is 17.1 Å². The van der Waals surface area contributed by atoms with E-state index in [2.05, 4.69) is 264 Å². The minimum absolute atomic E-state index is 0.872. The van der Waals surface area contributed by atoms with Crippen LogP contribution in [0.3, 0.4) is 0 Å². The summed E-state index contributed by atoms with van der Waals surface area (Å²) in [6.07, 6.45) is 0. The van der Waals surface area contributed by atoms with Gasteiger partial charge in [-0.05, 0) is 141 Å². The van der Waals surface area contributed by atoms with Crippen molar-refractivity contribution in [2.45, 2.75) is 0 Å². The molecule has 0 fully saturated rings. The first-order valence-corrected chi connectivity index (χ1v) is 23.6. The van der Waals surface area contributed by atoms with E-state index >= 15 is 0 Å². The third kappa shape index (κ3) is 7.25. The average molecular weight is 881 g/mol. The van der Waals surface area contributed by atoms with Crippen LogP contribution in [0.25, 0.3) is 105 Å². The Morgan fingerprint density at radius 2 is 0.783 bits per heavy atom. The minimum atomic E-state index is 0.872. The van der Waals surface area contributed by atoms with Crippen molar-refractivity contribution in [2.24, 2.45) is 0 Å². The van der Waals surface area contributed by atoms with E-state index < -0.39 is 0 Å². The highest BCUT2D eigenvalue weighted by molar-refractivity contribution is 6.10. The molecular formula is C66H44N2O. The van der Waals surface area contributed by atoms with Gasteiger partial charge in [-0.1, -0.05) is 182 Å². The minimum Gasteiger partial charge on any atom is -0.456 e. The molecule has 2 aromatic heterocycles. The smallest absolute Gasteiger partial charge is 0.135 e. The lowest BCUT2D eigenvalue weighted by atomic mass is 9.89. The first kappa shape index (κ1) is 40.1. The van der Waals surface area contributed by atoms with Crippen LogP contribution >= 0.6 is 0 Å². The monoisotopic (exact) mass is 880 g/mol. The molecule has 0 aliphatic rings. The molecule has 0 aliphatic carbocycles. The number of aromatic nitrogens is 1. The number of nitrogens with zero attached hydrogens (tertiary/aromatic N) is 2. The molecule has 0 unspecified atom stereocenters. The highest BCUT2D eigenvalue weighted by Gasteiger charge is 2.19. The highest BCUT2D eigenvalue weighted by atomic mass is 16.3. The van der Waals surface area contributed by atoms with Crippen molar-refractivity contribution in [2.75, 3.05) is 4.90 Å². The van der Waals surface area contributed by atoms with E-state index in [1.54, 1.807) is 0 Å². The second-order valence-electron chi connectivity index (χ2n) is 17.7. The normalized spacial score (nSPS) is 11.5.